The summed E-state index contributed by atoms with van der Waals surface area (Å²) in [6.07, 6.45) is 5.20. The molecule has 0 aromatic carbocycles. The first-order valence-electron chi connectivity index (χ1n) is 8.90. The Hall–Kier alpha value is -1.95. The van der Waals surface area contributed by atoms with Gasteiger partial charge in [0.05, 0.1) is 0 Å². The molecule has 1 unspecified atom stereocenters. The molecule has 2 fully saturated rings. The molecular formula is C19H24N4OS. The second-order valence-electron chi connectivity index (χ2n) is 7.35. The zero-order valence-electron chi connectivity index (χ0n) is 14.8. The monoisotopic (exact) mass is 356 g/mol. The lowest BCUT2D eigenvalue weighted by molar-refractivity contribution is -0.130. The molecule has 5 nitrogen and oxygen atoms in total. The molecule has 0 bridgehead atoms. The third-order valence-electron chi connectivity index (χ3n) is 5.68. The lowest BCUT2D eigenvalue weighted by Gasteiger charge is -2.34. The lowest BCUT2D eigenvalue weighted by Crippen LogP contribution is -2.40. The molecule has 4 rings (SSSR count). The van der Waals surface area contributed by atoms with Crippen LogP contribution in [0.5, 0.6) is 0 Å². The van der Waals surface area contributed by atoms with Gasteiger partial charge < -0.3 is 9.80 Å². The van der Waals surface area contributed by atoms with E-state index in [1.54, 1.807) is 18.3 Å². The van der Waals surface area contributed by atoms with Crippen LogP contribution in [0.25, 0.3) is 0 Å². The molecule has 1 spiro atoms. The van der Waals surface area contributed by atoms with Gasteiger partial charge in [0, 0.05) is 44.5 Å². The molecule has 1 atom stereocenters. The molecule has 1 aliphatic carbocycles. The van der Waals surface area contributed by atoms with Gasteiger partial charge in [0.1, 0.15) is 0 Å². The molecule has 1 amide bonds. The minimum Gasteiger partial charge on any atom is -0.341 e. The predicted molar refractivity (Wildman–Crippen MR) is 99.6 cm³/mol. The molecule has 132 valence electrons. The summed E-state index contributed by atoms with van der Waals surface area (Å²) >= 11 is 1.69. The number of piperidine rings is 1. The van der Waals surface area contributed by atoms with Gasteiger partial charge in [-0.15, -0.1) is 0 Å². The van der Waals surface area contributed by atoms with Crippen molar-refractivity contribution >= 4 is 23.2 Å². The number of nitrogens with zero attached hydrogens (tertiary/aromatic N) is 4. The van der Waals surface area contributed by atoms with Crippen LogP contribution < -0.4 is 4.90 Å². The number of thiophene rings is 1. The molecule has 25 heavy (non-hydrogen) atoms. The highest BCUT2D eigenvalue weighted by molar-refractivity contribution is 7.07. The van der Waals surface area contributed by atoms with Gasteiger partial charge >= 0.3 is 0 Å². The summed E-state index contributed by atoms with van der Waals surface area (Å²) in [6, 6.07) is 4.44. The Morgan fingerprint density at radius 3 is 2.84 bits per heavy atom. The van der Waals surface area contributed by atoms with Crippen LogP contribution in [0.3, 0.4) is 0 Å². The summed E-state index contributed by atoms with van der Waals surface area (Å²) in [5.74, 6) is 1.03. The van der Waals surface area contributed by atoms with Gasteiger partial charge in [0.15, 0.2) is 0 Å². The van der Waals surface area contributed by atoms with E-state index in [0.717, 1.165) is 50.5 Å². The highest BCUT2D eigenvalue weighted by Gasteiger charge is 2.58. The van der Waals surface area contributed by atoms with Gasteiger partial charge in [-0.05, 0) is 60.1 Å². The van der Waals surface area contributed by atoms with Gasteiger partial charge in [-0.25, -0.2) is 9.97 Å². The van der Waals surface area contributed by atoms with E-state index in [9.17, 15) is 4.79 Å². The molecule has 1 saturated carbocycles. The molecule has 0 radical (unpaired) electrons. The Kier molecular flexibility index (Phi) is 4.23. The number of anilines is 1. The van der Waals surface area contributed by atoms with Crippen LogP contribution in [0.4, 0.5) is 5.95 Å². The smallest absolute Gasteiger partial charge is 0.225 e. The number of hydrogen-bond acceptors (Lipinski definition) is 5. The minimum absolute atomic E-state index is 0.192. The maximum absolute atomic E-state index is 12.2. The molecule has 1 aliphatic heterocycles. The van der Waals surface area contributed by atoms with Crippen molar-refractivity contribution in [2.45, 2.75) is 45.7 Å². The number of carbonyl (C=O) groups excluding carboxylic acids is 1. The fraction of sp³-hybridized carbons (Fsp3) is 0.526. The zero-order chi connectivity index (χ0) is 17.4. The Labute approximate surface area is 152 Å². The molecule has 2 aromatic rings. The molecule has 2 aliphatic rings. The van der Waals surface area contributed by atoms with Crippen molar-refractivity contribution < 1.29 is 4.79 Å². The summed E-state index contributed by atoms with van der Waals surface area (Å²) < 4.78 is 0. The fourth-order valence-electron chi connectivity index (χ4n) is 4.06. The molecule has 1 saturated heterocycles. The normalized spacial score (nSPS) is 21.4. The van der Waals surface area contributed by atoms with Crippen LogP contribution in [0.15, 0.2) is 29.1 Å². The summed E-state index contributed by atoms with van der Waals surface area (Å²) in [5, 5.41) is 4.22. The molecule has 2 aromatic heterocycles. The van der Waals surface area contributed by atoms with Crippen LogP contribution in [-0.4, -0.2) is 39.9 Å². The Bertz CT molecular complexity index is 753. The molecule has 3 heterocycles. The fourth-order valence-corrected chi connectivity index (χ4v) is 4.72. The van der Waals surface area contributed by atoms with Crippen LogP contribution in [0.1, 0.15) is 37.4 Å². The third-order valence-corrected chi connectivity index (χ3v) is 6.42. The van der Waals surface area contributed by atoms with Crippen molar-refractivity contribution in [2.75, 3.05) is 18.0 Å². The summed E-state index contributed by atoms with van der Waals surface area (Å²) in [7, 11) is 0. The van der Waals surface area contributed by atoms with Crippen molar-refractivity contribution in [2.24, 2.45) is 5.41 Å². The van der Waals surface area contributed by atoms with Crippen molar-refractivity contribution in [3.05, 3.63) is 40.3 Å². The minimum atomic E-state index is 0.192. The standard InChI is InChI=1S/C19H24N4OS/c1-14-3-7-20-18(21-14)22-8-5-19(6-9-22)11-17(19)23(15(2)24)12-16-4-10-25-13-16/h3-4,7,10,13,17H,5-6,8-9,11-12H2,1-2H3. The topological polar surface area (TPSA) is 49.3 Å². The van der Waals surface area contributed by atoms with Gasteiger partial charge in [-0.3, -0.25) is 4.79 Å². The Morgan fingerprint density at radius 2 is 2.20 bits per heavy atom. The van der Waals surface area contributed by atoms with Crippen LogP contribution in [0, 0.1) is 12.3 Å². The van der Waals surface area contributed by atoms with Crippen molar-refractivity contribution in [1.82, 2.24) is 14.9 Å². The van der Waals surface area contributed by atoms with Gasteiger partial charge in [-0.2, -0.15) is 11.3 Å². The maximum Gasteiger partial charge on any atom is 0.225 e. The van der Waals surface area contributed by atoms with E-state index in [1.165, 1.54) is 5.56 Å². The highest BCUT2D eigenvalue weighted by Crippen LogP contribution is 2.57. The van der Waals surface area contributed by atoms with Crippen molar-refractivity contribution in [3.63, 3.8) is 0 Å². The Balaban J connectivity index is 1.41. The van der Waals surface area contributed by atoms with E-state index in [-0.39, 0.29) is 5.91 Å². The number of carbonyl (C=O) groups is 1. The largest absolute Gasteiger partial charge is 0.341 e. The quantitative estimate of drug-likeness (QED) is 0.844. The SMILES string of the molecule is CC(=O)N(Cc1ccsc1)C1CC12CCN(c1nccc(C)n1)CC2. The van der Waals surface area contributed by atoms with E-state index in [4.69, 9.17) is 0 Å². The molecule has 6 heteroatoms. The molecule has 0 N–H and O–H groups in total. The van der Waals surface area contributed by atoms with E-state index in [2.05, 4.69) is 36.6 Å². The number of amides is 1. The van der Waals surface area contributed by atoms with Crippen molar-refractivity contribution in [3.8, 4) is 0 Å². The first kappa shape index (κ1) is 16.5. The number of aromatic nitrogens is 2. The Morgan fingerprint density at radius 1 is 1.40 bits per heavy atom. The zero-order valence-corrected chi connectivity index (χ0v) is 15.6. The summed E-state index contributed by atoms with van der Waals surface area (Å²) in [4.78, 5) is 25.5. The first-order chi connectivity index (χ1) is 12.1. The van der Waals surface area contributed by atoms with E-state index in [1.807, 2.05) is 19.2 Å². The van der Waals surface area contributed by atoms with Crippen LogP contribution >= 0.6 is 11.3 Å². The average molecular weight is 356 g/mol. The summed E-state index contributed by atoms with van der Waals surface area (Å²) in [5.41, 5.74) is 2.56. The average Bonchev–Trinajstić information content (AvgIpc) is 3.04. The molecular weight excluding hydrogens is 332 g/mol. The number of rotatable bonds is 4. The maximum atomic E-state index is 12.2. The van der Waals surface area contributed by atoms with E-state index >= 15 is 0 Å². The van der Waals surface area contributed by atoms with E-state index in [0.29, 0.717) is 11.5 Å². The second-order valence-corrected chi connectivity index (χ2v) is 8.13. The summed E-state index contributed by atoms with van der Waals surface area (Å²) in [6.45, 7) is 6.40. The van der Waals surface area contributed by atoms with Gasteiger partial charge in [-0.1, -0.05) is 0 Å². The van der Waals surface area contributed by atoms with Crippen molar-refractivity contribution in [1.29, 1.82) is 0 Å². The highest BCUT2D eigenvalue weighted by atomic mass is 32.1. The second kappa shape index (κ2) is 6.41. The number of aryl methyl sites for hydroxylation is 1. The lowest BCUT2D eigenvalue weighted by atomic mass is 9.92. The first-order valence-corrected chi connectivity index (χ1v) is 9.85. The predicted octanol–water partition coefficient (Wildman–Crippen LogP) is 3.25. The van der Waals surface area contributed by atoms with Crippen LogP contribution in [-0.2, 0) is 11.3 Å². The van der Waals surface area contributed by atoms with Crippen LogP contribution in [0.2, 0.25) is 0 Å². The van der Waals surface area contributed by atoms with Gasteiger partial charge in [0.2, 0.25) is 11.9 Å². The third kappa shape index (κ3) is 3.27. The van der Waals surface area contributed by atoms with Gasteiger partial charge in [0.25, 0.3) is 0 Å². The van der Waals surface area contributed by atoms with E-state index < -0.39 is 0 Å². The number of hydrogen-bond donors (Lipinski definition) is 0.